The second-order valence-electron chi connectivity index (χ2n) is 6.19. The quantitative estimate of drug-likeness (QED) is 0.830. The Balaban J connectivity index is 1.94. The molecule has 3 heteroatoms. The minimum atomic E-state index is 0.0548. The Morgan fingerprint density at radius 3 is 2.80 bits per heavy atom. The molecule has 0 radical (unpaired) electrons. The lowest BCUT2D eigenvalue weighted by atomic mass is 9.82. The van der Waals surface area contributed by atoms with Gasteiger partial charge < -0.3 is 10.1 Å². The van der Waals surface area contributed by atoms with Crippen LogP contribution in [0.4, 0.5) is 0 Å². The zero-order valence-electron chi connectivity index (χ0n) is 12.4. The first-order chi connectivity index (χ1) is 9.68. The van der Waals surface area contributed by atoms with Gasteiger partial charge in [0.1, 0.15) is 11.4 Å². The minimum Gasteiger partial charge on any atom is -0.487 e. The predicted octanol–water partition coefficient (Wildman–Crippen LogP) is 4.83. The molecule has 1 saturated carbocycles. The number of ether oxygens (including phenoxy) is 1. The maximum atomic E-state index is 6.51. The van der Waals surface area contributed by atoms with Gasteiger partial charge in [-0.1, -0.05) is 35.8 Å². The Bertz CT molecular complexity index is 486. The average molecular weight is 338 g/mol. The lowest BCUT2D eigenvalue weighted by molar-refractivity contribution is 0.00568. The molecule has 2 nitrogen and oxygen atoms in total. The maximum absolute atomic E-state index is 6.51. The van der Waals surface area contributed by atoms with Crippen molar-refractivity contribution >= 4 is 15.9 Å². The van der Waals surface area contributed by atoms with Gasteiger partial charge in [0, 0.05) is 22.5 Å². The van der Waals surface area contributed by atoms with E-state index in [0.29, 0.717) is 6.04 Å². The molecule has 110 valence electrons. The summed E-state index contributed by atoms with van der Waals surface area (Å²) in [6, 6.07) is 6.91. The Kier molecular flexibility index (Phi) is 4.09. The van der Waals surface area contributed by atoms with Gasteiger partial charge in [0.05, 0.1) is 0 Å². The molecule has 1 aliphatic carbocycles. The molecule has 2 aliphatic rings. The fourth-order valence-corrected chi connectivity index (χ4v) is 3.81. The van der Waals surface area contributed by atoms with Gasteiger partial charge in [0.2, 0.25) is 0 Å². The van der Waals surface area contributed by atoms with Crippen molar-refractivity contribution in [1.82, 2.24) is 5.32 Å². The van der Waals surface area contributed by atoms with Gasteiger partial charge in [0.25, 0.3) is 0 Å². The molecule has 0 bridgehead atoms. The highest BCUT2D eigenvalue weighted by atomic mass is 79.9. The Hall–Kier alpha value is -0.540. The van der Waals surface area contributed by atoms with Gasteiger partial charge in [-0.25, -0.2) is 0 Å². The molecule has 2 atom stereocenters. The summed E-state index contributed by atoms with van der Waals surface area (Å²) >= 11 is 3.57. The molecule has 3 rings (SSSR count). The second-order valence-corrected chi connectivity index (χ2v) is 7.10. The SMILES string of the molecule is CCCNC1CC(CC)(C2CC2)Oc2cc(Br)ccc21. The van der Waals surface area contributed by atoms with Gasteiger partial charge in [-0.3, -0.25) is 0 Å². The molecule has 0 saturated heterocycles. The van der Waals surface area contributed by atoms with Crippen molar-refractivity contribution < 1.29 is 4.74 Å². The number of rotatable bonds is 5. The second kappa shape index (κ2) is 5.69. The Morgan fingerprint density at radius 2 is 2.15 bits per heavy atom. The van der Waals surface area contributed by atoms with E-state index in [9.17, 15) is 0 Å². The van der Waals surface area contributed by atoms with E-state index in [-0.39, 0.29) is 5.60 Å². The van der Waals surface area contributed by atoms with E-state index in [1.54, 1.807) is 0 Å². The van der Waals surface area contributed by atoms with Crippen LogP contribution in [-0.4, -0.2) is 12.1 Å². The molecule has 1 fully saturated rings. The van der Waals surface area contributed by atoms with Crippen molar-refractivity contribution in [2.75, 3.05) is 6.54 Å². The van der Waals surface area contributed by atoms with Crippen molar-refractivity contribution in [3.05, 3.63) is 28.2 Å². The van der Waals surface area contributed by atoms with Crippen LogP contribution in [0.3, 0.4) is 0 Å². The van der Waals surface area contributed by atoms with Crippen LogP contribution in [0.25, 0.3) is 0 Å². The molecular weight excluding hydrogens is 314 g/mol. The van der Waals surface area contributed by atoms with Crippen LogP contribution >= 0.6 is 15.9 Å². The summed E-state index contributed by atoms with van der Waals surface area (Å²) in [5, 5.41) is 3.72. The van der Waals surface area contributed by atoms with Crippen LogP contribution in [0.5, 0.6) is 5.75 Å². The van der Waals surface area contributed by atoms with Crippen LogP contribution in [0, 0.1) is 5.92 Å². The van der Waals surface area contributed by atoms with E-state index in [4.69, 9.17) is 4.74 Å². The standard InChI is InChI=1S/C17H24BrNO/c1-3-9-19-15-11-17(4-2,12-5-6-12)20-16-10-13(18)7-8-14(15)16/h7-8,10,12,15,19H,3-6,9,11H2,1-2H3. The van der Waals surface area contributed by atoms with Gasteiger partial charge in [-0.2, -0.15) is 0 Å². The summed E-state index contributed by atoms with van der Waals surface area (Å²) in [5.41, 5.74) is 1.38. The average Bonchev–Trinajstić information content (AvgIpc) is 3.28. The molecular formula is C17H24BrNO. The highest BCUT2D eigenvalue weighted by Crippen LogP contribution is 2.52. The summed E-state index contributed by atoms with van der Waals surface area (Å²) < 4.78 is 7.62. The summed E-state index contributed by atoms with van der Waals surface area (Å²) in [4.78, 5) is 0. The molecule has 0 spiro atoms. The van der Waals surface area contributed by atoms with E-state index in [1.807, 2.05) is 0 Å². The van der Waals surface area contributed by atoms with Crippen LogP contribution in [0.2, 0.25) is 0 Å². The number of fused-ring (bicyclic) bond motifs is 1. The van der Waals surface area contributed by atoms with Crippen molar-refractivity contribution in [2.45, 2.75) is 57.6 Å². The summed E-state index contributed by atoms with van der Waals surface area (Å²) in [6.45, 7) is 5.57. The third-order valence-corrected chi connectivity index (χ3v) is 5.27. The zero-order chi connectivity index (χ0) is 14.2. The molecule has 1 aromatic carbocycles. The van der Waals surface area contributed by atoms with E-state index in [0.717, 1.165) is 35.5 Å². The van der Waals surface area contributed by atoms with Crippen LogP contribution in [-0.2, 0) is 0 Å². The molecule has 1 aliphatic heterocycles. The number of hydrogen-bond acceptors (Lipinski definition) is 2. The lowest BCUT2D eigenvalue weighted by Gasteiger charge is -2.43. The molecule has 0 amide bonds. The van der Waals surface area contributed by atoms with Crippen LogP contribution in [0.1, 0.15) is 57.6 Å². The van der Waals surface area contributed by atoms with E-state index in [2.05, 4.69) is 53.3 Å². The third kappa shape index (κ3) is 2.62. The Labute approximate surface area is 130 Å². The first-order valence-corrected chi connectivity index (χ1v) is 8.69. The van der Waals surface area contributed by atoms with Gasteiger partial charge in [-0.15, -0.1) is 0 Å². The number of halogens is 1. The topological polar surface area (TPSA) is 21.3 Å². The fraction of sp³-hybridized carbons (Fsp3) is 0.647. The number of benzene rings is 1. The van der Waals surface area contributed by atoms with Crippen molar-refractivity contribution in [3.8, 4) is 5.75 Å². The number of hydrogen-bond donors (Lipinski definition) is 1. The summed E-state index contributed by atoms with van der Waals surface area (Å²) in [6.07, 6.45) is 6.05. The lowest BCUT2D eigenvalue weighted by Crippen LogP contribution is -2.45. The maximum Gasteiger partial charge on any atom is 0.126 e. The van der Waals surface area contributed by atoms with E-state index >= 15 is 0 Å². The van der Waals surface area contributed by atoms with Gasteiger partial charge >= 0.3 is 0 Å². The highest BCUT2D eigenvalue weighted by Gasteiger charge is 2.50. The van der Waals surface area contributed by atoms with E-state index < -0.39 is 0 Å². The smallest absolute Gasteiger partial charge is 0.126 e. The largest absolute Gasteiger partial charge is 0.487 e. The first-order valence-electron chi connectivity index (χ1n) is 7.90. The van der Waals surface area contributed by atoms with Crippen molar-refractivity contribution in [2.24, 2.45) is 5.92 Å². The van der Waals surface area contributed by atoms with E-state index in [1.165, 1.54) is 24.8 Å². The van der Waals surface area contributed by atoms with Crippen molar-refractivity contribution in [3.63, 3.8) is 0 Å². The molecule has 1 aromatic rings. The molecule has 1 heterocycles. The zero-order valence-corrected chi connectivity index (χ0v) is 14.0. The molecule has 20 heavy (non-hydrogen) atoms. The van der Waals surface area contributed by atoms with Gasteiger partial charge in [-0.05, 0) is 50.3 Å². The summed E-state index contributed by atoms with van der Waals surface area (Å²) in [5.74, 6) is 1.83. The summed E-state index contributed by atoms with van der Waals surface area (Å²) in [7, 11) is 0. The monoisotopic (exact) mass is 337 g/mol. The predicted molar refractivity (Wildman–Crippen MR) is 86.2 cm³/mol. The molecule has 0 aromatic heterocycles. The minimum absolute atomic E-state index is 0.0548. The fourth-order valence-electron chi connectivity index (χ4n) is 3.47. The van der Waals surface area contributed by atoms with Crippen LogP contribution < -0.4 is 10.1 Å². The van der Waals surface area contributed by atoms with Gasteiger partial charge in [0.15, 0.2) is 0 Å². The highest BCUT2D eigenvalue weighted by molar-refractivity contribution is 9.10. The molecule has 2 unspecified atom stereocenters. The Morgan fingerprint density at radius 1 is 1.35 bits per heavy atom. The van der Waals surface area contributed by atoms with Crippen LogP contribution in [0.15, 0.2) is 22.7 Å². The first kappa shape index (κ1) is 14.4. The molecule has 1 N–H and O–H groups in total. The third-order valence-electron chi connectivity index (χ3n) is 4.77. The van der Waals surface area contributed by atoms with Crippen molar-refractivity contribution in [1.29, 1.82) is 0 Å². The number of nitrogens with one attached hydrogen (secondary N) is 1. The normalized spacial score (nSPS) is 28.9.